The number of hydrogen-bond donors (Lipinski definition) is 2. The van der Waals surface area contributed by atoms with Crippen molar-refractivity contribution < 1.29 is 5.11 Å². The highest BCUT2D eigenvalue weighted by atomic mass is 35.5. The molecular formula is C24H25ClN6O. The number of tetrazole rings is 1. The zero-order valence-electron chi connectivity index (χ0n) is 17.9. The number of aromatic hydroxyl groups is 1. The van der Waals surface area contributed by atoms with Crippen LogP contribution in [-0.4, -0.2) is 35.3 Å². The fourth-order valence-corrected chi connectivity index (χ4v) is 3.76. The minimum Gasteiger partial charge on any atom is -0.508 e. The van der Waals surface area contributed by atoms with Gasteiger partial charge in [-0.25, -0.2) is 4.98 Å². The molecule has 0 bridgehead atoms. The Bertz CT molecular complexity index is 1180. The summed E-state index contributed by atoms with van der Waals surface area (Å²) < 4.78 is 2.20. The van der Waals surface area contributed by atoms with Crippen molar-refractivity contribution >= 4 is 23.3 Å². The van der Waals surface area contributed by atoms with Crippen LogP contribution >= 0.6 is 11.6 Å². The molecule has 0 spiro atoms. The quantitative estimate of drug-likeness (QED) is 0.378. The van der Waals surface area contributed by atoms with E-state index in [9.17, 15) is 5.11 Å². The average molecular weight is 449 g/mol. The second-order valence-electron chi connectivity index (χ2n) is 7.63. The summed E-state index contributed by atoms with van der Waals surface area (Å²) in [7, 11) is 0. The Hall–Kier alpha value is -3.45. The highest BCUT2D eigenvalue weighted by Gasteiger charge is 2.14. The van der Waals surface area contributed by atoms with E-state index in [1.54, 1.807) is 12.1 Å². The second-order valence-corrected chi connectivity index (χ2v) is 8.04. The van der Waals surface area contributed by atoms with Crippen LogP contribution in [0.25, 0.3) is 11.6 Å². The molecule has 8 heteroatoms. The number of imidazole rings is 1. The van der Waals surface area contributed by atoms with E-state index in [1.165, 1.54) is 0 Å². The van der Waals surface area contributed by atoms with Gasteiger partial charge in [0, 0.05) is 23.4 Å². The van der Waals surface area contributed by atoms with E-state index in [2.05, 4.69) is 38.2 Å². The third-order valence-electron chi connectivity index (χ3n) is 5.29. The number of aromatic amines is 1. The second kappa shape index (κ2) is 10.2. The van der Waals surface area contributed by atoms with Gasteiger partial charge in [0.25, 0.3) is 0 Å². The molecule has 0 aliphatic carbocycles. The van der Waals surface area contributed by atoms with Gasteiger partial charge in [0.1, 0.15) is 11.6 Å². The Kier molecular flexibility index (Phi) is 6.97. The third kappa shape index (κ3) is 5.23. The first-order valence-electron chi connectivity index (χ1n) is 10.6. The standard InChI is InChI=1S/C24H25ClN6O/c1-2-3-8-23-26-15-20(31(23)16-18-6-4-5-7-22(18)25)14-19(24-27-29-30-28-24)13-17-9-11-21(32)12-10-17/h4-7,9-12,14-15,32H,2-3,8,13,16H2,1H3,(H,27,28,29,30)/b19-14-. The van der Waals surface area contributed by atoms with Gasteiger partial charge in [0.05, 0.1) is 18.4 Å². The lowest BCUT2D eigenvalue weighted by Gasteiger charge is -2.13. The predicted molar refractivity (Wildman–Crippen MR) is 125 cm³/mol. The lowest BCUT2D eigenvalue weighted by Crippen LogP contribution is -2.08. The molecular weight excluding hydrogens is 424 g/mol. The van der Waals surface area contributed by atoms with Crippen molar-refractivity contribution in [2.24, 2.45) is 0 Å². The molecule has 7 nitrogen and oxygen atoms in total. The number of phenols is 1. The Labute approximate surface area is 191 Å². The van der Waals surface area contributed by atoms with Crippen LogP contribution in [0.1, 0.15) is 48.2 Å². The van der Waals surface area contributed by atoms with Crippen LogP contribution in [0.2, 0.25) is 5.02 Å². The van der Waals surface area contributed by atoms with Crippen molar-refractivity contribution in [3.8, 4) is 5.75 Å². The number of nitrogens with one attached hydrogen (secondary N) is 1. The minimum absolute atomic E-state index is 0.234. The van der Waals surface area contributed by atoms with Gasteiger partial charge >= 0.3 is 0 Å². The van der Waals surface area contributed by atoms with Gasteiger partial charge in [-0.05, 0) is 47.0 Å². The number of rotatable bonds is 9. The van der Waals surface area contributed by atoms with Gasteiger partial charge in [-0.1, -0.05) is 55.3 Å². The number of allylic oxidation sites excluding steroid dienone is 1. The third-order valence-corrected chi connectivity index (χ3v) is 5.66. The summed E-state index contributed by atoms with van der Waals surface area (Å²) >= 11 is 6.46. The molecule has 2 aromatic carbocycles. The minimum atomic E-state index is 0.234. The number of hydrogen-bond acceptors (Lipinski definition) is 5. The molecule has 0 fully saturated rings. The molecule has 2 aromatic heterocycles. The first-order chi connectivity index (χ1) is 15.6. The van der Waals surface area contributed by atoms with Crippen molar-refractivity contribution in [2.45, 2.75) is 39.2 Å². The van der Waals surface area contributed by atoms with Gasteiger partial charge in [-0.3, -0.25) is 0 Å². The van der Waals surface area contributed by atoms with Crippen molar-refractivity contribution in [3.05, 3.63) is 88.2 Å². The molecule has 0 saturated carbocycles. The maximum absolute atomic E-state index is 9.61. The molecule has 0 radical (unpaired) electrons. The summed E-state index contributed by atoms with van der Waals surface area (Å²) in [5.41, 5.74) is 3.92. The van der Waals surface area contributed by atoms with Gasteiger partial charge in [-0.15, -0.1) is 10.2 Å². The summed E-state index contributed by atoms with van der Waals surface area (Å²) in [6, 6.07) is 15.0. The van der Waals surface area contributed by atoms with Crippen LogP contribution < -0.4 is 0 Å². The summed E-state index contributed by atoms with van der Waals surface area (Å²) in [4.78, 5) is 4.71. The molecule has 2 N–H and O–H groups in total. The van der Waals surface area contributed by atoms with Crippen molar-refractivity contribution in [2.75, 3.05) is 0 Å². The Morgan fingerprint density at radius 2 is 1.97 bits per heavy atom. The number of H-pyrrole nitrogens is 1. The highest BCUT2D eigenvalue weighted by molar-refractivity contribution is 6.31. The normalized spacial score (nSPS) is 11.8. The summed E-state index contributed by atoms with van der Waals surface area (Å²) in [5, 5.41) is 25.0. The van der Waals surface area contributed by atoms with E-state index < -0.39 is 0 Å². The maximum Gasteiger partial charge on any atom is 0.201 e. The molecule has 0 amide bonds. The summed E-state index contributed by atoms with van der Waals surface area (Å²) in [6.45, 7) is 2.80. The van der Waals surface area contributed by atoms with E-state index in [0.29, 0.717) is 18.8 Å². The lowest BCUT2D eigenvalue weighted by molar-refractivity contribution is 0.475. The molecule has 4 aromatic rings. The van der Waals surface area contributed by atoms with E-state index in [4.69, 9.17) is 16.6 Å². The monoisotopic (exact) mass is 448 g/mol. The van der Waals surface area contributed by atoms with E-state index in [1.807, 2.05) is 42.6 Å². The zero-order chi connectivity index (χ0) is 22.3. The van der Waals surface area contributed by atoms with Crippen LogP contribution in [0.15, 0.2) is 54.7 Å². The van der Waals surface area contributed by atoms with Crippen LogP contribution in [0, 0.1) is 0 Å². The van der Waals surface area contributed by atoms with Crippen LogP contribution in [0.5, 0.6) is 5.75 Å². The molecule has 0 unspecified atom stereocenters. The van der Waals surface area contributed by atoms with Gasteiger partial charge < -0.3 is 9.67 Å². The Balaban J connectivity index is 1.74. The van der Waals surface area contributed by atoms with E-state index >= 15 is 0 Å². The molecule has 0 aliphatic rings. The number of nitrogens with zero attached hydrogens (tertiary/aromatic N) is 5. The molecule has 0 aliphatic heterocycles. The molecule has 164 valence electrons. The van der Waals surface area contributed by atoms with Crippen molar-refractivity contribution in [1.29, 1.82) is 0 Å². The smallest absolute Gasteiger partial charge is 0.201 e. The van der Waals surface area contributed by atoms with E-state index in [0.717, 1.165) is 52.5 Å². The summed E-state index contributed by atoms with van der Waals surface area (Å²) in [6.07, 6.45) is 7.58. The molecule has 2 heterocycles. The fraction of sp³-hybridized carbons (Fsp3) is 0.250. The van der Waals surface area contributed by atoms with Crippen LogP contribution in [0.4, 0.5) is 0 Å². The Morgan fingerprint density at radius 1 is 1.16 bits per heavy atom. The maximum atomic E-state index is 9.61. The average Bonchev–Trinajstić information content (AvgIpc) is 3.46. The molecule has 0 atom stereocenters. The number of unbranched alkanes of at least 4 members (excludes halogenated alkanes) is 1. The first kappa shape index (κ1) is 21.8. The highest BCUT2D eigenvalue weighted by Crippen LogP contribution is 2.24. The lowest BCUT2D eigenvalue weighted by atomic mass is 10.0. The SMILES string of the molecule is CCCCc1ncc(/C=C(/Cc2ccc(O)cc2)c2nn[nH]n2)n1Cc1ccccc1Cl. The molecule has 4 rings (SSSR count). The number of phenolic OH excluding ortho intramolecular Hbond substituents is 1. The Morgan fingerprint density at radius 3 is 2.69 bits per heavy atom. The van der Waals surface area contributed by atoms with Gasteiger partial charge in [0.15, 0.2) is 0 Å². The van der Waals surface area contributed by atoms with Crippen LogP contribution in [0.3, 0.4) is 0 Å². The topological polar surface area (TPSA) is 92.5 Å². The van der Waals surface area contributed by atoms with E-state index in [-0.39, 0.29) is 5.75 Å². The largest absolute Gasteiger partial charge is 0.508 e. The summed E-state index contributed by atoms with van der Waals surface area (Å²) in [5.74, 6) is 1.78. The van der Waals surface area contributed by atoms with Crippen LogP contribution in [-0.2, 0) is 19.4 Å². The molecule has 0 saturated heterocycles. The van der Waals surface area contributed by atoms with Crippen molar-refractivity contribution in [1.82, 2.24) is 30.2 Å². The first-order valence-corrected chi connectivity index (χ1v) is 11.0. The fourth-order valence-electron chi connectivity index (χ4n) is 3.56. The molecule has 32 heavy (non-hydrogen) atoms. The zero-order valence-corrected chi connectivity index (χ0v) is 18.6. The number of aromatic nitrogens is 6. The van der Waals surface area contributed by atoms with Gasteiger partial charge in [-0.2, -0.15) is 5.21 Å². The van der Waals surface area contributed by atoms with Gasteiger partial charge in [0.2, 0.25) is 5.82 Å². The number of halogens is 1. The number of benzene rings is 2. The predicted octanol–water partition coefficient (Wildman–Crippen LogP) is 4.93. The van der Waals surface area contributed by atoms with Crippen molar-refractivity contribution in [3.63, 3.8) is 0 Å². The number of aryl methyl sites for hydroxylation is 1.